The van der Waals surface area contributed by atoms with Gasteiger partial charge in [-0.3, -0.25) is 10.1 Å². The van der Waals surface area contributed by atoms with Crippen molar-refractivity contribution in [3.8, 4) is 11.1 Å². The number of pyridine rings is 1. The average molecular weight is 451 g/mol. The lowest BCUT2D eigenvalue weighted by atomic mass is 10.0. The first-order chi connectivity index (χ1) is 15.8. The van der Waals surface area contributed by atoms with Gasteiger partial charge in [-0.25, -0.2) is 9.97 Å². The monoisotopic (exact) mass is 451 g/mol. The van der Waals surface area contributed by atoms with E-state index in [9.17, 15) is 23.1 Å². The normalized spacial score (nSPS) is 11.9. The van der Waals surface area contributed by atoms with E-state index in [2.05, 4.69) is 20.3 Å². The van der Waals surface area contributed by atoms with E-state index in [4.69, 9.17) is 0 Å². The molecule has 0 aliphatic heterocycles. The maximum Gasteiger partial charge on any atom is 0.416 e. The Hall–Kier alpha value is -4.18. The third-order valence-corrected chi connectivity index (χ3v) is 5.16. The fourth-order valence-corrected chi connectivity index (χ4v) is 3.54. The number of aliphatic hydroxyl groups is 1. The van der Waals surface area contributed by atoms with Crippen molar-refractivity contribution < 1.29 is 23.1 Å². The summed E-state index contributed by atoms with van der Waals surface area (Å²) in [5.41, 5.74) is 2.76. The lowest BCUT2D eigenvalue weighted by Crippen LogP contribution is -2.13. The minimum absolute atomic E-state index is 0.128. The number of benzene rings is 2. The Kier molecular flexibility index (Phi) is 4.86. The van der Waals surface area contributed by atoms with Gasteiger partial charge in [0.25, 0.3) is 5.91 Å². The number of H-pyrrole nitrogens is 1. The number of halogens is 3. The molecule has 5 aromatic rings. The predicted molar refractivity (Wildman–Crippen MR) is 116 cm³/mol. The molecule has 166 valence electrons. The standard InChI is InChI=1S/C23H16F3N5O2/c24-23(25,26)16-3-1-2-14(8-16)15-5-6-17-18(9-15)29-22(28-17)30-21(33)19-11-31-10-13(12-32)4-7-20(31)27-19/h1-11,32H,12H2,(H2,28,29,30,33). The van der Waals surface area contributed by atoms with Crippen molar-refractivity contribution in [2.24, 2.45) is 0 Å². The molecule has 0 spiro atoms. The summed E-state index contributed by atoms with van der Waals surface area (Å²) in [6.07, 6.45) is -1.21. The summed E-state index contributed by atoms with van der Waals surface area (Å²) >= 11 is 0. The quantitative estimate of drug-likeness (QED) is 0.371. The molecular weight excluding hydrogens is 435 g/mol. The first-order valence-corrected chi connectivity index (χ1v) is 9.87. The Labute approximate surface area is 184 Å². The second-order valence-corrected chi connectivity index (χ2v) is 7.44. The van der Waals surface area contributed by atoms with E-state index in [1.807, 2.05) is 0 Å². The van der Waals surface area contributed by atoms with Crippen molar-refractivity contribution in [2.45, 2.75) is 12.8 Å². The molecule has 10 heteroatoms. The topological polar surface area (TPSA) is 95.3 Å². The second-order valence-electron chi connectivity index (χ2n) is 7.44. The first-order valence-electron chi connectivity index (χ1n) is 9.87. The molecule has 7 nitrogen and oxygen atoms in total. The van der Waals surface area contributed by atoms with Gasteiger partial charge in [-0.15, -0.1) is 0 Å². The Bertz CT molecular complexity index is 1500. The zero-order valence-electron chi connectivity index (χ0n) is 16.9. The molecule has 0 fully saturated rings. The van der Waals surface area contributed by atoms with Crippen molar-refractivity contribution >= 4 is 28.5 Å². The number of nitrogens with zero attached hydrogens (tertiary/aromatic N) is 3. The second kappa shape index (κ2) is 7.75. The van der Waals surface area contributed by atoms with E-state index >= 15 is 0 Å². The van der Waals surface area contributed by atoms with Crippen molar-refractivity contribution in [3.05, 3.63) is 83.8 Å². The van der Waals surface area contributed by atoms with E-state index in [1.165, 1.54) is 12.3 Å². The van der Waals surface area contributed by atoms with Gasteiger partial charge in [0.05, 0.1) is 23.2 Å². The van der Waals surface area contributed by atoms with Gasteiger partial charge in [0.2, 0.25) is 5.95 Å². The minimum atomic E-state index is -4.43. The van der Waals surface area contributed by atoms with E-state index in [1.54, 1.807) is 47.0 Å². The fraction of sp³-hybridized carbons (Fsp3) is 0.0870. The molecule has 2 aromatic carbocycles. The van der Waals surface area contributed by atoms with E-state index in [0.717, 1.165) is 12.1 Å². The summed E-state index contributed by atoms with van der Waals surface area (Å²) in [6, 6.07) is 13.5. The smallest absolute Gasteiger partial charge is 0.392 e. The Morgan fingerprint density at radius 2 is 1.85 bits per heavy atom. The van der Waals surface area contributed by atoms with E-state index in [0.29, 0.717) is 33.4 Å². The van der Waals surface area contributed by atoms with Gasteiger partial charge in [0.15, 0.2) is 0 Å². The Balaban J connectivity index is 1.41. The molecule has 33 heavy (non-hydrogen) atoms. The van der Waals surface area contributed by atoms with Crippen LogP contribution in [-0.4, -0.2) is 30.4 Å². The van der Waals surface area contributed by atoms with Crippen molar-refractivity contribution in [3.63, 3.8) is 0 Å². The number of carbonyl (C=O) groups is 1. The Morgan fingerprint density at radius 1 is 1.03 bits per heavy atom. The molecule has 3 N–H and O–H groups in total. The van der Waals surface area contributed by atoms with E-state index in [-0.39, 0.29) is 18.2 Å². The van der Waals surface area contributed by atoms with Crippen molar-refractivity contribution in [1.82, 2.24) is 19.4 Å². The Morgan fingerprint density at radius 3 is 2.64 bits per heavy atom. The summed E-state index contributed by atoms with van der Waals surface area (Å²) in [5.74, 6) is -0.300. The number of carbonyl (C=O) groups excluding carboxylic acids is 1. The van der Waals surface area contributed by atoms with Crippen LogP contribution in [0.3, 0.4) is 0 Å². The number of alkyl halides is 3. The van der Waals surface area contributed by atoms with Crippen molar-refractivity contribution in [1.29, 1.82) is 0 Å². The van der Waals surface area contributed by atoms with Gasteiger partial charge >= 0.3 is 6.18 Å². The molecule has 0 atom stereocenters. The van der Waals surface area contributed by atoms with Gasteiger partial charge in [-0.1, -0.05) is 24.3 Å². The largest absolute Gasteiger partial charge is 0.416 e. The van der Waals surface area contributed by atoms with Crippen LogP contribution >= 0.6 is 0 Å². The number of nitrogens with one attached hydrogen (secondary N) is 2. The molecule has 0 bridgehead atoms. The van der Waals surface area contributed by atoms with Gasteiger partial charge in [-0.2, -0.15) is 13.2 Å². The summed E-state index contributed by atoms with van der Waals surface area (Å²) < 4.78 is 40.7. The van der Waals surface area contributed by atoms with Crippen LogP contribution in [0.5, 0.6) is 0 Å². The molecule has 0 saturated carbocycles. The van der Waals surface area contributed by atoms with Crippen LogP contribution in [-0.2, 0) is 12.8 Å². The van der Waals surface area contributed by atoms with Gasteiger partial charge < -0.3 is 14.5 Å². The van der Waals surface area contributed by atoms with Crippen LogP contribution < -0.4 is 5.32 Å². The predicted octanol–water partition coefficient (Wildman–Crippen LogP) is 4.64. The highest BCUT2D eigenvalue weighted by Crippen LogP contribution is 2.33. The molecule has 0 aliphatic carbocycles. The number of imidazole rings is 2. The number of hydrogen-bond acceptors (Lipinski definition) is 4. The number of aromatic amines is 1. The highest BCUT2D eigenvalue weighted by molar-refractivity contribution is 6.03. The summed E-state index contributed by atoms with van der Waals surface area (Å²) in [7, 11) is 0. The first kappa shape index (κ1) is 20.7. The summed E-state index contributed by atoms with van der Waals surface area (Å²) in [5, 5.41) is 11.9. The molecule has 3 heterocycles. The van der Waals surface area contributed by atoms with Crippen LogP contribution in [0.25, 0.3) is 27.8 Å². The molecule has 0 unspecified atom stereocenters. The third kappa shape index (κ3) is 4.03. The maximum atomic E-state index is 13.0. The molecule has 5 rings (SSSR count). The van der Waals surface area contributed by atoms with Crippen LogP contribution in [0.4, 0.5) is 19.1 Å². The summed E-state index contributed by atoms with van der Waals surface area (Å²) in [4.78, 5) is 24.2. The van der Waals surface area contributed by atoms with Crippen LogP contribution in [0.2, 0.25) is 0 Å². The minimum Gasteiger partial charge on any atom is -0.392 e. The molecule has 1 amide bonds. The maximum absolute atomic E-state index is 13.0. The number of aliphatic hydroxyl groups excluding tert-OH is 1. The van der Waals surface area contributed by atoms with Gasteiger partial charge in [-0.05, 0) is 47.0 Å². The molecule has 0 aliphatic rings. The number of fused-ring (bicyclic) bond motifs is 2. The summed E-state index contributed by atoms with van der Waals surface area (Å²) in [6.45, 7) is -0.128. The number of hydrogen-bond donors (Lipinski definition) is 3. The highest BCUT2D eigenvalue weighted by Gasteiger charge is 2.30. The van der Waals surface area contributed by atoms with Crippen LogP contribution in [0.15, 0.2) is 67.0 Å². The molecular formula is C23H16F3N5O2. The zero-order chi connectivity index (χ0) is 23.2. The average Bonchev–Trinajstić information content (AvgIpc) is 3.41. The fourth-order valence-electron chi connectivity index (χ4n) is 3.54. The van der Waals surface area contributed by atoms with Crippen LogP contribution in [0.1, 0.15) is 21.6 Å². The lowest BCUT2D eigenvalue weighted by Gasteiger charge is -2.08. The third-order valence-electron chi connectivity index (χ3n) is 5.16. The van der Waals surface area contributed by atoms with Gasteiger partial charge in [0, 0.05) is 12.4 Å². The van der Waals surface area contributed by atoms with E-state index < -0.39 is 17.6 Å². The molecule has 0 radical (unpaired) electrons. The number of amides is 1. The van der Waals surface area contributed by atoms with Crippen molar-refractivity contribution in [2.75, 3.05) is 5.32 Å². The molecule has 0 saturated heterocycles. The number of anilines is 1. The highest BCUT2D eigenvalue weighted by atomic mass is 19.4. The zero-order valence-corrected chi connectivity index (χ0v) is 16.9. The van der Waals surface area contributed by atoms with Gasteiger partial charge in [0.1, 0.15) is 11.3 Å². The van der Waals surface area contributed by atoms with Crippen LogP contribution in [0, 0.1) is 0 Å². The molecule has 3 aromatic heterocycles. The lowest BCUT2D eigenvalue weighted by molar-refractivity contribution is -0.137. The number of aromatic nitrogens is 4. The number of rotatable bonds is 4. The SMILES string of the molecule is O=C(Nc1nc2ccc(-c3cccc(C(F)(F)F)c3)cc2[nH]1)c1cn2cc(CO)ccc2n1.